The Morgan fingerprint density at radius 3 is 2.33 bits per heavy atom. The molecule has 0 saturated carbocycles. The molecule has 2 rings (SSSR count). The molecule has 0 amide bonds. The van der Waals surface area contributed by atoms with Crippen LogP contribution < -0.4 is 5.32 Å². The van der Waals surface area contributed by atoms with Gasteiger partial charge in [0.05, 0.1) is 0 Å². The molecule has 0 aromatic rings. The monoisotopic (exact) mass is 255 g/mol. The maximum absolute atomic E-state index is 5.50. The molecule has 18 heavy (non-hydrogen) atoms. The van der Waals surface area contributed by atoms with Crippen LogP contribution in [0.1, 0.15) is 45.4 Å². The Kier molecular flexibility index (Phi) is 6.46. The number of hydrogen-bond acceptors (Lipinski definition) is 3. The Hall–Kier alpha value is -0.120. The summed E-state index contributed by atoms with van der Waals surface area (Å²) in [6, 6.07) is 0.694. The molecule has 0 aromatic carbocycles. The Morgan fingerprint density at radius 2 is 1.67 bits per heavy atom. The van der Waals surface area contributed by atoms with Gasteiger partial charge in [0.15, 0.2) is 0 Å². The molecular weight excluding hydrogens is 226 g/mol. The molecule has 2 heterocycles. The summed E-state index contributed by atoms with van der Waals surface area (Å²) in [5, 5.41) is 3.75. The van der Waals surface area contributed by atoms with E-state index in [1.54, 1.807) is 0 Å². The van der Waals surface area contributed by atoms with E-state index in [4.69, 9.17) is 9.47 Å². The minimum absolute atomic E-state index is 0.694. The van der Waals surface area contributed by atoms with Crippen molar-refractivity contribution < 1.29 is 9.47 Å². The van der Waals surface area contributed by atoms with Crippen LogP contribution in [0.25, 0.3) is 0 Å². The summed E-state index contributed by atoms with van der Waals surface area (Å²) >= 11 is 0. The smallest absolute Gasteiger partial charge is 0.0495 e. The van der Waals surface area contributed by atoms with E-state index < -0.39 is 0 Å². The predicted molar refractivity (Wildman–Crippen MR) is 73.8 cm³/mol. The number of rotatable bonds is 7. The standard InChI is InChI=1S/C15H29NO2/c1-2-6-16-15(11-14-5-9-18-12-14)10-13-3-7-17-8-4-13/h13-16H,2-12H2,1H3. The first-order valence-electron chi connectivity index (χ1n) is 7.77. The molecule has 2 saturated heterocycles. The summed E-state index contributed by atoms with van der Waals surface area (Å²) in [5.41, 5.74) is 0. The molecule has 2 aliphatic rings. The van der Waals surface area contributed by atoms with Crippen LogP contribution >= 0.6 is 0 Å². The summed E-state index contributed by atoms with van der Waals surface area (Å²) in [4.78, 5) is 0. The molecule has 1 N–H and O–H groups in total. The molecular formula is C15H29NO2. The molecule has 2 atom stereocenters. The average molecular weight is 255 g/mol. The lowest BCUT2D eigenvalue weighted by Crippen LogP contribution is -2.35. The lowest BCUT2D eigenvalue weighted by molar-refractivity contribution is 0.0593. The van der Waals surface area contributed by atoms with Crippen molar-refractivity contribution in [3.05, 3.63) is 0 Å². The Bertz CT molecular complexity index is 211. The molecule has 2 fully saturated rings. The first-order valence-corrected chi connectivity index (χ1v) is 7.77. The van der Waals surface area contributed by atoms with E-state index in [-0.39, 0.29) is 0 Å². The van der Waals surface area contributed by atoms with Gasteiger partial charge in [-0.25, -0.2) is 0 Å². The largest absolute Gasteiger partial charge is 0.381 e. The van der Waals surface area contributed by atoms with Gasteiger partial charge in [0.2, 0.25) is 0 Å². The molecule has 106 valence electrons. The molecule has 3 heteroatoms. The van der Waals surface area contributed by atoms with Crippen molar-refractivity contribution in [3.8, 4) is 0 Å². The van der Waals surface area contributed by atoms with Gasteiger partial charge in [-0.2, -0.15) is 0 Å². The second kappa shape index (κ2) is 8.13. The van der Waals surface area contributed by atoms with Crippen molar-refractivity contribution in [2.45, 2.75) is 51.5 Å². The molecule has 2 unspecified atom stereocenters. The fourth-order valence-corrected chi connectivity index (χ4v) is 3.17. The van der Waals surface area contributed by atoms with Gasteiger partial charge in [-0.1, -0.05) is 6.92 Å². The summed E-state index contributed by atoms with van der Waals surface area (Å²) in [5.74, 6) is 1.66. The molecule has 0 aliphatic carbocycles. The van der Waals surface area contributed by atoms with Crippen LogP contribution in [-0.2, 0) is 9.47 Å². The fourth-order valence-electron chi connectivity index (χ4n) is 3.17. The van der Waals surface area contributed by atoms with Gasteiger partial charge < -0.3 is 14.8 Å². The van der Waals surface area contributed by atoms with Crippen LogP contribution in [0.15, 0.2) is 0 Å². The zero-order chi connectivity index (χ0) is 12.6. The van der Waals surface area contributed by atoms with Gasteiger partial charge in [-0.05, 0) is 56.9 Å². The van der Waals surface area contributed by atoms with Gasteiger partial charge in [0, 0.05) is 32.5 Å². The van der Waals surface area contributed by atoms with E-state index in [2.05, 4.69) is 12.2 Å². The Morgan fingerprint density at radius 1 is 1.00 bits per heavy atom. The van der Waals surface area contributed by atoms with Crippen molar-refractivity contribution in [2.24, 2.45) is 11.8 Å². The van der Waals surface area contributed by atoms with Crippen LogP contribution in [-0.4, -0.2) is 39.0 Å². The number of hydrogen-bond donors (Lipinski definition) is 1. The van der Waals surface area contributed by atoms with E-state index in [1.807, 2.05) is 0 Å². The topological polar surface area (TPSA) is 30.5 Å². The molecule has 0 aromatic heterocycles. The van der Waals surface area contributed by atoms with E-state index in [1.165, 1.54) is 38.5 Å². The summed E-state index contributed by atoms with van der Waals surface area (Å²) in [7, 11) is 0. The maximum atomic E-state index is 5.50. The first kappa shape index (κ1) is 14.3. The van der Waals surface area contributed by atoms with Crippen molar-refractivity contribution in [1.82, 2.24) is 5.32 Å². The van der Waals surface area contributed by atoms with Crippen molar-refractivity contribution in [2.75, 3.05) is 33.0 Å². The lowest BCUT2D eigenvalue weighted by atomic mass is 9.88. The van der Waals surface area contributed by atoms with Crippen molar-refractivity contribution in [3.63, 3.8) is 0 Å². The SMILES string of the molecule is CCCNC(CC1CCOCC1)CC1CCOC1. The van der Waals surface area contributed by atoms with Crippen molar-refractivity contribution >= 4 is 0 Å². The maximum Gasteiger partial charge on any atom is 0.0495 e. The first-order chi connectivity index (χ1) is 8.88. The normalized spacial score (nSPS) is 27.5. The molecule has 2 aliphatic heterocycles. The minimum Gasteiger partial charge on any atom is -0.381 e. The average Bonchev–Trinajstić information content (AvgIpc) is 2.90. The third-order valence-corrected chi connectivity index (χ3v) is 4.28. The molecule has 0 radical (unpaired) electrons. The zero-order valence-electron chi connectivity index (χ0n) is 11.8. The van der Waals surface area contributed by atoms with Gasteiger partial charge >= 0.3 is 0 Å². The molecule has 0 bridgehead atoms. The van der Waals surface area contributed by atoms with Crippen LogP contribution in [0.2, 0.25) is 0 Å². The zero-order valence-corrected chi connectivity index (χ0v) is 11.8. The van der Waals surface area contributed by atoms with Gasteiger partial charge in [-0.3, -0.25) is 0 Å². The van der Waals surface area contributed by atoms with Crippen LogP contribution in [0.4, 0.5) is 0 Å². The van der Waals surface area contributed by atoms with Gasteiger partial charge in [-0.15, -0.1) is 0 Å². The van der Waals surface area contributed by atoms with Crippen LogP contribution in [0, 0.1) is 11.8 Å². The second-order valence-electron chi connectivity index (χ2n) is 5.91. The van der Waals surface area contributed by atoms with E-state index in [0.717, 1.165) is 44.8 Å². The summed E-state index contributed by atoms with van der Waals surface area (Å²) in [6.45, 7) is 7.30. The van der Waals surface area contributed by atoms with Crippen molar-refractivity contribution in [1.29, 1.82) is 0 Å². The van der Waals surface area contributed by atoms with Gasteiger partial charge in [0.1, 0.15) is 0 Å². The predicted octanol–water partition coefficient (Wildman–Crippen LogP) is 2.60. The third kappa shape index (κ3) is 4.87. The molecule has 3 nitrogen and oxygen atoms in total. The van der Waals surface area contributed by atoms with Gasteiger partial charge in [0.25, 0.3) is 0 Å². The fraction of sp³-hybridized carbons (Fsp3) is 1.00. The number of ether oxygens (including phenoxy) is 2. The molecule has 0 spiro atoms. The number of nitrogens with one attached hydrogen (secondary N) is 1. The highest BCUT2D eigenvalue weighted by Gasteiger charge is 2.24. The quantitative estimate of drug-likeness (QED) is 0.758. The highest BCUT2D eigenvalue weighted by Crippen LogP contribution is 2.25. The highest BCUT2D eigenvalue weighted by molar-refractivity contribution is 4.78. The summed E-state index contributed by atoms with van der Waals surface area (Å²) in [6.07, 6.45) is 7.64. The Labute approximate surface area is 112 Å². The summed E-state index contributed by atoms with van der Waals surface area (Å²) < 4.78 is 11.0. The second-order valence-corrected chi connectivity index (χ2v) is 5.91. The third-order valence-electron chi connectivity index (χ3n) is 4.28. The lowest BCUT2D eigenvalue weighted by Gasteiger charge is -2.28. The van der Waals surface area contributed by atoms with Crippen LogP contribution in [0.3, 0.4) is 0 Å². The Balaban J connectivity index is 1.74. The minimum atomic E-state index is 0.694. The highest BCUT2D eigenvalue weighted by atomic mass is 16.5. The van der Waals surface area contributed by atoms with E-state index in [0.29, 0.717) is 6.04 Å². The van der Waals surface area contributed by atoms with Crippen LogP contribution in [0.5, 0.6) is 0 Å². The van der Waals surface area contributed by atoms with E-state index in [9.17, 15) is 0 Å². The van der Waals surface area contributed by atoms with E-state index >= 15 is 0 Å².